The summed E-state index contributed by atoms with van der Waals surface area (Å²) in [5, 5.41) is 3.02. The molecule has 0 aliphatic heterocycles. The first-order valence-electron chi connectivity index (χ1n) is 5.97. The Labute approximate surface area is 111 Å². The second kappa shape index (κ2) is 6.29. The van der Waals surface area contributed by atoms with Crippen LogP contribution in [0.2, 0.25) is 0 Å². The van der Waals surface area contributed by atoms with E-state index in [9.17, 15) is 8.78 Å². The fourth-order valence-corrected chi connectivity index (χ4v) is 1.82. The molecule has 2 rings (SSSR count). The minimum Gasteiger partial charge on any atom is -0.497 e. The molecule has 2 aromatic carbocycles. The Morgan fingerprint density at radius 3 is 2.37 bits per heavy atom. The van der Waals surface area contributed by atoms with E-state index >= 15 is 0 Å². The minimum atomic E-state index is -0.529. The summed E-state index contributed by atoms with van der Waals surface area (Å²) in [4.78, 5) is 0. The van der Waals surface area contributed by atoms with Crippen molar-refractivity contribution in [3.05, 3.63) is 65.2 Å². The molecule has 0 saturated carbocycles. The summed E-state index contributed by atoms with van der Waals surface area (Å²) in [7, 11) is 1.60. The zero-order valence-corrected chi connectivity index (χ0v) is 10.6. The highest BCUT2D eigenvalue weighted by atomic mass is 19.1. The van der Waals surface area contributed by atoms with E-state index in [1.807, 2.05) is 24.3 Å². The van der Waals surface area contributed by atoms with E-state index < -0.39 is 11.6 Å². The van der Waals surface area contributed by atoms with Gasteiger partial charge in [0.1, 0.15) is 17.4 Å². The second-order valence-electron chi connectivity index (χ2n) is 4.16. The molecule has 0 saturated heterocycles. The Bertz CT molecular complexity index is 537. The number of methoxy groups -OCH3 is 1. The molecule has 2 nitrogen and oxygen atoms in total. The number of benzene rings is 2. The summed E-state index contributed by atoms with van der Waals surface area (Å²) >= 11 is 0. The van der Waals surface area contributed by atoms with Crippen molar-refractivity contribution in [1.29, 1.82) is 0 Å². The van der Waals surface area contributed by atoms with Crippen LogP contribution in [0.3, 0.4) is 0 Å². The van der Waals surface area contributed by atoms with Crippen molar-refractivity contribution in [1.82, 2.24) is 5.32 Å². The zero-order valence-electron chi connectivity index (χ0n) is 10.6. The van der Waals surface area contributed by atoms with E-state index in [2.05, 4.69) is 5.32 Å². The zero-order chi connectivity index (χ0) is 13.7. The molecule has 1 N–H and O–H groups in total. The highest BCUT2D eigenvalue weighted by molar-refractivity contribution is 5.28. The van der Waals surface area contributed by atoms with Crippen molar-refractivity contribution in [2.45, 2.75) is 13.1 Å². The van der Waals surface area contributed by atoms with Gasteiger partial charge in [0.15, 0.2) is 0 Å². The van der Waals surface area contributed by atoms with Gasteiger partial charge in [0.05, 0.1) is 7.11 Å². The van der Waals surface area contributed by atoms with Crippen LogP contribution in [0, 0.1) is 11.6 Å². The maximum absolute atomic E-state index is 13.4. The van der Waals surface area contributed by atoms with Crippen LogP contribution < -0.4 is 10.1 Å². The molecule has 0 unspecified atom stereocenters. The molecule has 2 aromatic rings. The number of hydrogen-bond donors (Lipinski definition) is 1. The van der Waals surface area contributed by atoms with Crippen molar-refractivity contribution in [2.24, 2.45) is 0 Å². The fraction of sp³-hybridized carbons (Fsp3) is 0.200. The highest BCUT2D eigenvalue weighted by Crippen LogP contribution is 2.14. The molecule has 0 fully saturated rings. The van der Waals surface area contributed by atoms with Crippen LogP contribution in [-0.2, 0) is 13.1 Å². The number of hydrogen-bond acceptors (Lipinski definition) is 2. The number of ether oxygens (including phenoxy) is 1. The maximum atomic E-state index is 13.4. The Morgan fingerprint density at radius 1 is 1.00 bits per heavy atom. The van der Waals surface area contributed by atoms with Crippen LogP contribution in [0.5, 0.6) is 5.75 Å². The Morgan fingerprint density at radius 2 is 1.68 bits per heavy atom. The lowest BCUT2D eigenvalue weighted by Gasteiger charge is -2.08. The molecule has 4 heteroatoms. The lowest BCUT2D eigenvalue weighted by atomic mass is 10.1. The summed E-state index contributed by atoms with van der Waals surface area (Å²) in [6.45, 7) is 0.667. The van der Waals surface area contributed by atoms with Gasteiger partial charge in [-0.05, 0) is 29.8 Å². The first kappa shape index (κ1) is 13.5. The molecule has 0 aliphatic rings. The topological polar surface area (TPSA) is 21.3 Å². The summed E-state index contributed by atoms with van der Waals surface area (Å²) in [5.41, 5.74) is 1.06. The van der Waals surface area contributed by atoms with E-state index in [1.165, 1.54) is 18.2 Å². The van der Waals surface area contributed by atoms with Crippen molar-refractivity contribution >= 4 is 0 Å². The fourth-order valence-electron chi connectivity index (χ4n) is 1.82. The van der Waals surface area contributed by atoms with Crippen LogP contribution in [0.1, 0.15) is 11.1 Å². The van der Waals surface area contributed by atoms with Crippen LogP contribution in [-0.4, -0.2) is 7.11 Å². The first-order chi connectivity index (χ1) is 9.20. The molecule has 0 aliphatic carbocycles. The van der Waals surface area contributed by atoms with Crippen molar-refractivity contribution < 1.29 is 13.5 Å². The third-order valence-corrected chi connectivity index (χ3v) is 2.83. The summed E-state index contributed by atoms with van der Waals surface area (Å²) < 4.78 is 31.9. The molecule has 0 heterocycles. The van der Waals surface area contributed by atoms with Gasteiger partial charge in [-0.15, -0.1) is 0 Å². The van der Waals surface area contributed by atoms with E-state index in [1.54, 1.807) is 7.11 Å². The second-order valence-corrected chi connectivity index (χ2v) is 4.16. The first-order valence-corrected chi connectivity index (χ1v) is 5.97. The van der Waals surface area contributed by atoms with Crippen LogP contribution in [0.15, 0.2) is 42.5 Å². The summed E-state index contributed by atoms with van der Waals surface area (Å²) in [5.74, 6) is -0.298. The van der Waals surface area contributed by atoms with Gasteiger partial charge in [-0.1, -0.05) is 18.2 Å². The lowest BCUT2D eigenvalue weighted by molar-refractivity contribution is 0.414. The monoisotopic (exact) mass is 263 g/mol. The minimum absolute atomic E-state index is 0.0606. The van der Waals surface area contributed by atoms with Crippen LogP contribution in [0.25, 0.3) is 0 Å². The van der Waals surface area contributed by atoms with Crippen LogP contribution >= 0.6 is 0 Å². The number of nitrogens with one attached hydrogen (secondary N) is 1. The molecule has 0 spiro atoms. The number of rotatable bonds is 5. The molecule has 19 heavy (non-hydrogen) atoms. The van der Waals surface area contributed by atoms with E-state index in [4.69, 9.17) is 4.74 Å². The smallest absolute Gasteiger partial charge is 0.130 e. The average Bonchev–Trinajstić information content (AvgIpc) is 2.42. The molecule has 0 amide bonds. The van der Waals surface area contributed by atoms with E-state index in [0.717, 1.165) is 11.3 Å². The SMILES string of the molecule is COc1cccc(CNCc2c(F)cccc2F)c1. The van der Waals surface area contributed by atoms with E-state index in [-0.39, 0.29) is 12.1 Å². The predicted octanol–water partition coefficient (Wildman–Crippen LogP) is 3.26. The molecule has 0 bridgehead atoms. The molecule has 100 valence electrons. The summed E-state index contributed by atoms with van der Waals surface area (Å²) in [6.07, 6.45) is 0. The average molecular weight is 263 g/mol. The Balaban J connectivity index is 1.96. The standard InChI is InChI=1S/C15H15F2NO/c1-19-12-5-2-4-11(8-12)9-18-10-13-14(16)6-3-7-15(13)17/h2-8,18H,9-10H2,1H3. The van der Waals surface area contributed by atoms with E-state index in [0.29, 0.717) is 6.54 Å². The van der Waals surface area contributed by atoms with Gasteiger partial charge in [-0.2, -0.15) is 0 Å². The largest absolute Gasteiger partial charge is 0.497 e. The highest BCUT2D eigenvalue weighted by Gasteiger charge is 2.07. The lowest BCUT2D eigenvalue weighted by Crippen LogP contribution is -2.15. The third kappa shape index (κ3) is 3.51. The molecule has 0 radical (unpaired) electrons. The molecular weight excluding hydrogens is 248 g/mol. The van der Waals surface area contributed by atoms with Gasteiger partial charge >= 0.3 is 0 Å². The van der Waals surface area contributed by atoms with Gasteiger partial charge in [-0.25, -0.2) is 8.78 Å². The third-order valence-electron chi connectivity index (χ3n) is 2.83. The molecule has 0 atom stereocenters. The maximum Gasteiger partial charge on any atom is 0.130 e. The number of halogens is 2. The Hall–Kier alpha value is -1.94. The Kier molecular flexibility index (Phi) is 4.47. The van der Waals surface area contributed by atoms with Gasteiger partial charge in [0, 0.05) is 18.7 Å². The summed E-state index contributed by atoms with van der Waals surface area (Å²) in [6, 6.07) is 11.4. The quantitative estimate of drug-likeness (QED) is 0.894. The van der Waals surface area contributed by atoms with Crippen molar-refractivity contribution in [3.8, 4) is 5.75 Å². The van der Waals surface area contributed by atoms with Gasteiger partial charge in [-0.3, -0.25) is 0 Å². The van der Waals surface area contributed by atoms with Gasteiger partial charge in [0.2, 0.25) is 0 Å². The normalized spacial score (nSPS) is 10.5. The van der Waals surface area contributed by atoms with Crippen LogP contribution in [0.4, 0.5) is 8.78 Å². The predicted molar refractivity (Wildman–Crippen MR) is 69.9 cm³/mol. The molecular formula is C15H15F2NO. The molecule has 0 aromatic heterocycles. The van der Waals surface area contributed by atoms with Gasteiger partial charge in [0.25, 0.3) is 0 Å². The van der Waals surface area contributed by atoms with Gasteiger partial charge < -0.3 is 10.1 Å². The van der Waals surface area contributed by atoms with Crippen molar-refractivity contribution in [2.75, 3.05) is 7.11 Å². The van der Waals surface area contributed by atoms with Crippen molar-refractivity contribution in [3.63, 3.8) is 0 Å².